The van der Waals surface area contributed by atoms with Crippen molar-refractivity contribution in [3.63, 3.8) is 0 Å². The summed E-state index contributed by atoms with van der Waals surface area (Å²) in [4.78, 5) is 3.90. The lowest BCUT2D eigenvalue weighted by atomic mass is 10.3. The van der Waals surface area contributed by atoms with Crippen molar-refractivity contribution in [1.82, 2.24) is 4.98 Å². The van der Waals surface area contributed by atoms with Crippen LogP contribution in [0, 0.1) is 5.82 Å². The maximum Gasteiger partial charge on any atom is 0.221 e. The average molecular weight is 204 g/mol. The molecule has 3 nitrogen and oxygen atoms in total. The van der Waals surface area contributed by atoms with E-state index >= 15 is 0 Å². The molecule has 0 aliphatic carbocycles. The smallest absolute Gasteiger partial charge is 0.221 e. The molecule has 15 heavy (non-hydrogen) atoms. The van der Waals surface area contributed by atoms with Gasteiger partial charge in [-0.1, -0.05) is 18.2 Å². The van der Waals surface area contributed by atoms with Gasteiger partial charge in [0.05, 0.1) is 0 Å². The summed E-state index contributed by atoms with van der Waals surface area (Å²) >= 11 is 0. The molecule has 2 rings (SSSR count). The van der Waals surface area contributed by atoms with Gasteiger partial charge in [0.25, 0.3) is 0 Å². The van der Waals surface area contributed by atoms with Crippen molar-refractivity contribution in [1.29, 1.82) is 0 Å². The average Bonchev–Trinajstić information content (AvgIpc) is 2.22. The molecular formula is C11H9FN2O. The van der Waals surface area contributed by atoms with Crippen LogP contribution in [0.3, 0.4) is 0 Å². The highest BCUT2D eigenvalue weighted by molar-refractivity contribution is 5.34. The van der Waals surface area contributed by atoms with Gasteiger partial charge in [-0.25, -0.2) is 4.39 Å². The molecule has 0 spiro atoms. The summed E-state index contributed by atoms with van der Waals surface area (Å²) in [6.07, 6.45) is 0. The number of para-hydroxylation sites is 1. The van der Waals surface area contributed by atoms with E-state index in [1.165, 1.54) is 12.1 Å². The summed E-state index contributed by atoms with van der Waals surface area (Å²) in [6, 6.07) is 11.1. The minimum Gasteiger partial charge on any atom is -0.436 e. The van der Waals surface area contributed by atoms with E-state index < -0.39 is 5.82 Å². The second-order valence-corrected chi connectivity index (χ2v) is 2.93. The Hall–Kier alpha value is -2.10. The van der Waals surface area contributed by atoms with E-state index in [1.807, 2.05) is 0 Å². The maximum absolute atomic E-state index is 13.2. The molecule has 0 atom stereocenters. The van der Waals surface area contributed by atoms with Crippen molar-refractivity contribution in [3.05, 3.63) is 48.3 Å². The van der Waals surface area contributed by atoms with Crippen LogP contribution in [0.5, 0.6) is 11.6 Å². The largest absolute Gasteiger partial charge is 0.436 e. The highest BCUT2D eigenvalue weighted by Gasteiger charge is 2.03. The molecule has 1 heterocycles. The lowest BCUT2D eigenvalue weighted by Gasteiger charge is -2.05. The van der Waals surface area contributed by atoms with E-state index in [-0.39, 0.29) is 11.6 Å². The molecule has 4 heteroatoms. The molecular weight excluding hydrogens is 195 g/mol. The fourth-order valence-electron chi connectivity index (χ4n) is 1.13. The number of hydrogen-bond donors (Lipinski definition) is 1. The number of pyridine rings is 1. The van der Waals surface area contributed by atoms with E-state index in [1.54, 1.807) is 30.3 Å². The zero-order valence-electron chi connectivity index (χ0n) is 7.85. The molecule has 2 aromatic rings. The summed E-state index contributed by atoms with van der Waals surface area (Å²) in [5.74, 6) is 0.321. The Balaban J connectivity index is 2.26. The third kappa shape index (κ3) is 2.22. The Morgan fingerprint density at radius 3 is 2.60 bits per heavy atom. The van der Waals surface area contributed by atoms with E-state index in [2.05, 4.69) is 4.98 Å². The number of nitrogens with two attached hydrogens (primary N) is 1. The van der Waals surface area contributed by atoms with Gasteiger partial charge in [0, 0.05) is 6.07 Å². The monoisotopic (exact) mass is 204 g/mol. The molecule has 0 bridgehead atoms. The second-order valence-electron chi connectivity index (χ2n) is 2.93. The second kappa shape index (κ2) is 3.96. The summed E-state index contributed by atoms with van der Waals surface area (Å²) in [5, 5.41) is 0. The van der Waals surface area contributed by atoms with Gasteiger partial charge in [0.1, 0.15) is 5.82 Å². The van der Waals surface area contributed by atoms with Crippen molar-refractivity contribution in [3.8, 4) is 11.6 Å². The summed E-state index contributed by atoms with van der Waals surface area (Å²) < 4.78 is 18.4. The summed E-state index contributed by atoms with van der Waals surface area (Å²) in [5.41, 5.74) is 5.47. The first-order valence-electron chi connectivity index (χ1n) is 4.40. The molecule has 76 valence electrons. The van der Waals surface area contributed by atoms with Crippen molar-refractivity contribution < 1.29 is 9.13 Å². The first-order valence-corrected chi connectivity index (χ1v) is 4.40. The van der Waals surface area contributed by atoms with E-state index in [9.17, 15) is 4.39 Å². The van der Waals surface area contributed by atoms with E-state index in [0.29, 0.717) is 5.82 Å². The number of hydrogen-bond acceptors (Lipinski definition) is 3. The number of ether oxygens (including phenoxy) is 1. The molecule has 0 aliphatic heterocycles. The van der Waals surface area contributed by atoms with Crippen LogP contribution in [-0.2, 0) is 0 Å². The Morgan fingerprint density at radius 2 is 1.87 bits per heavy atom. The minimum absolute atomic E-state index is 0.135. The van der Waals surface area contributed by atoms with Gasteiger partial charge in [-0.05, 0) is 18.2 Å². The number of benzene rings is 1. The topological polar surface area (TPSA) is 48.1 Å². The van der Waals surface area contributed by atoms with Crippen LogP contribution in [0.2, 0.25) is 0 Å². The van der Waals surface area contributed by atoms with Crippen LogP contribution in [0.25, 0.3) is 0 Å². The SMILES string of the molecule is Nc1cccc(Oc2ccccc2F)n1. The Morgan fingerprint density at radius 1 is 1.07 bits per heavy atom. The molecule has 0 saturated heterocycles. The Kier molecular flexibility index (Phi) is 2.49. The third-order valence-electron chi connectivity index (χ3n) is 1.80. The lowest BCUT2D eigenvalue weighted by Crippen LogP contribution is -1.94. The molecule has 0 saturated carbocycles. The Labute approximate surface area is 86.3 Å². The fourth-order valence-corrected chi connectivity index (χ4v) is 1.13. The van der Waals surface area contributed by atoms with Gasteiger partial charge >= 0.3 is 0 Å². The molecule has 0 unspecified atom stereocenters. The molecule has 0 radical (unpaired) electrons. The molecule has 1 aromatic heterocycles. The van der Waals surface area contributed by atoms with Crippen LogP contribution in [0.4, 0.5) is 10.2 Å². The highest BCUT2D eigenvalue weighted by atomic mass is 19.1. The van der Waals surface area contributed by atoms with Crippen LogP contribution < -0.4 is 10.5 Å². The zero-order valence-corrected chi connectivity index (χ0v) is 7.85. The van der Waals surface area contributed by atoms with Crippen LogP contribution >= 0.6 is 0 Å². The number of rotatable bonds is 2. The lowest BCUT2D eigenvalue weighted by molar-refractivity contribution is 0.428. The van der Waals surface area contributed by atoms with Crippen molar-refractivity contribution in [2.24, 2.45) is 0 Å². The predicted octanol–water partition coefficient (Wildman–Crippen LogP) is 2.60. The number of aromatic nitrogens is 1. The number of nitrogen functional groups attached to an aromatic ring is 1. The summed E-state index contributed by atoms with van der Waals surface area (Å²) in [6.45, 7) is 0. The van der Waals surface area contributed by atoms with Gasteiger partial charge in [-0.15, -0.1) is 0 Å². The third-order valence-corrected chi connectivity index (χ3v) is 1.80. The quantitative estimate of drug-likeness (QED) is 0.817. The minimum atomic E-state index is -0.429. The molecule has 0 aliphatic rings. The normalized spacial score (nSPS) is 9.93. The molecule has 0 amide bonds. The van der Waals surface area contributed by atoms with Gasteiger partial charge in [0.15, 0.2) is 11.6 Å². The van der Waals surface area contributed by atoms with Crippen LogP contribution in [-0.4, -0.2) is 4.98 Å². The fraction of sp³-hybridized carbons (Fsp3) is 0. The standard InChI is InChI=1S/C11H9FN2O/c12-8-4-1-2-5-9(8)15-11-7-3-6-10(13)14-11/h1-7H,(H2,13,14). The predicted molar refractivity (Wildman–Crippen MR) is 55.1 cm³/mol. The first kappa shape index (κ1) is 9.45. The number of nitrogens with zero attached hydrogens (tertiary/aromatic N) is 1. The van der Waals surface area contributed by atoms with Crippen molar-refractivity contribution in [2.75, 3.05) is 5.73 Å². The molecule has 1 aromatic carbocycles. The van der Waals surface area contributed by atoms with Crippen LogP contribution in [0.1, 0.15) is 0 Å². The van der Waals surface area contributed by atoms with Gasteiger partial charge in [-0.3, -0.25) is 0 Å². The van der Waals surface area contributed by atoms with Crippen molar-refractivity contribution >= 4 is 5.82 Å². The van der Waals surface area contributed by atoms with Crippen molar-refractivity contribution in [2.45, 2.75) is 0 Å². The van der Waals surface area contributed by atoms with E-state index in [4.69, 9.17) is 10.5 Å². The summed E-state index contributed by atoms with van der Waals surface area (Å²) in [7, 11) is 0. The van der Waals surface area contributed by atoms with Crippen LogP contribution in [0.15, 0.2) is 42.5 Å². The highest BCUT2D eigenvalue weighted by Crippen LogP contribution is 2.22. The van der Waals surface area contributed by atoms with Gasteiger partial charge in [0.2, 0.25) is 5.88 Å². The maximum atomic E-state index is 13.2. The molecule has 2 N–H and O–H groups in total. The van der Waals surface area contributed by atoms with Gasteiger partial charge < -0.3 is 10.5 Å². The number of halogens is 1. The molecule has 0 fully saturated rings. The number of anilines is 1. The van der Waals surface area contributed by atoms with Gasteiger partial charge in [-0.2, -0.15) is 4.98 Å². The first-order chi connectivity index (χ1) is 7.25. The van der Waals surface area contributed by atoms with E-state index in [0.717, 1.165) is 0 Å². The Bertz CT molecular complexity index is 474. The zero-order chi connectivity index (χ0) is 10.7.